The zero-order valence-corrected chi connectivity index (χ0v) is 10.6. The fourth-order valence-corrected chi connectivity index (χ4v) is 2.29. The van der Waals surface area contributed by atoms with Gasteiger partial charge >= 0.3 is 0 Å². The van der Waals surface area contributed by atoms with Crippen LogP contribution >= 0.6 is 11.6 Å². The lowest BCUT2D eigenvalue weighted by Crippen LogP contribution is -2.13. The van der Waals surface area contributed by atoms with E-state index >= 15 is 0 Å². The molecule has 0 bridgehead atoms. The van der Waals surface area contributed by atoms with Crippen molar-refractivity contribution >= 4 is 11.6 Å². The monoisotopic (exact) mass is 239 g/mol. The van der Waals surface area contributed by atoms with Crippen LogP contribution in [0.3, 0.4) is 0 Å². The van der Waals surface area contributed by atoms with Crippen LogP contribution in [0, 0.1) is 0 Å². The van der Waals surface area contributed by atoms with Gasteiger partial charge in [0.2, 0.25) is 0 Å². The Bertz CT molecular complexity index is 359. The van der Waals surface area contributed by atoms with E-state index in [9.17, 15) is 0 Å². The van der Waals surface area contributed by atoms with Crippen LogP contribution in [0.15, 0.2) is 18.2 Å². The van der Waals surface area contributed by atoms with Gasteiger partial charge in [-0.05, 0) is 50.9 Å². The van der Waals surface area contributed by atoms with Gasteiger partial charge in [-0.1, -0.05) is 17.7 Å². The largest absolute Gasteiger partial charge is 0.489 e. The Balaban J connectivity index is 2.15. The number of ether oxygens (including phenoxy) is 1. The standard InChI is InChI=1S/C13H18ClNO/c1-9(2)16-13-6-5-10(8-11(13)14)12-4-3-7-15-12/h5-6,8-9,12,15H,3-4,7H2,1-2H3. The average Bonchev–Trinajstić information content (AvgIpc) is 2.73. The molecule has 3 heteroatoms. The van der Waals surface area contributed by atoms with Gasteiger partial charge in [-0.15, -0.1) is 0 Å². The summed E-state index contributed by atoms with van der Waals surface area (Å²) in [5, 5.41) is 4.17. The second kappa shape index (κ2) is 5.07. The van der Waals surface area contributed by atoms with E-state index in [1.165, 1.54) is 18.4 Å². The maximum absolute atomic E-state index is 6.20. The summed E-state index contributed by atoms with van der Waals surface area (Å²) >= 11 is 6.20. The summed E-state index contributed by atoms with van der Waals surface area (Å²) in [4.78, 5) is 0. The summed E-state index contributed by atoms with van der Waals surface area (Å²) in [6.45, 7) is 5.11. The number of nitrogens with one attached hydrogen (secondary N) is 1. The second-order valence-electron chi connectivity index (χ2n) is 4.51. The van der Waals surface area contributed by atoms with Gasteiger partial charge in [0.05, 0.1) is 11.1 Å². The van der Waals surface area contributed by atoms with Gasteiger partial charge < -0.3 is 10.1 Å². The minimum atomic E-state index is 0.160. The summed E-state index contributed by atoms with van der Waals surface area (Å²) in [6.07, 6.45) is 2.60. The van der Waals surface area contributed by atoms with E-state index in [1.54, 1.807) is 0 Å². The zero-order chi connectivity index (χ0) is 11.5. The van der Waals surface area contributed by atoms with Crippen molar-refractivity contribution in [3.05, 3.63) is 28.8 Å². The summed E-state index contributed by atoms with van der Waals surface area (Å²) in [5.41, 5.74) is 1.26. The van der Waals surface area contributed by atoms with Crippen LogP contribution in [0.4, 0.5) is 0 Å². The minimum Gasteiger partial charge on any atom is -0.489 e. The van der Waals surface area contributed by atoms with E-state index < -0.39 is 0 Å². The van der Waals surface area contributed by atoms with Crippen LogP contribution in [-0.2, 0) is 0 Å². The summed E-state index contributed by atoms with van der Waals surface area (Å²) in [7, 11) is 0. The van der Waals surface area contributed by atoms with Crippen LogP contribution in [-0.4, -0.2) is 12.6 Å². The molecule has 1 atom stereocenters. The normalized spacial score (nSPS) is 20.4. The van der Waals surface area contributed by atoms with Crippen molar-refractivity contribution in [2.45, 2.75) is 38.8 Å². The molecule has 0 aromatic heterocycles. The van der Waals surface area contributed by atoms with E-state index in [-0.39, 0.29) is 6.10 Å². The molecule has 0 saturated carbocycles. The lowest BCUT2D eigenvalue weighted by Gasteiger charge is -2.15. The quantitative estimate of drug-likeness (QED) is 0.871. The van der Waals surface area contributed by atoms with Crippen LogP contribution in [0.1, 0.15) is 38.3 Å². The number of benzene rings is 1. The Hall–Kier alpha value is -0.730. The molecule has 16 heavy (non-hydrogen) atoms. The smallest absolute Gasteiger partial charge is 0.138 e. The summed E-state index contributed by atoms with van der Waals surface area (Å²) in [5.74, 6) is 0.776. The minimum absolute atomic E-state index is 0.160. The first kappa shape index (κ1) is 11.7. The molecule has 1 aliphatic rings. The summed E-state index contributed by atoms with van der Waals surface area (Å²) < 4.78 is 5.61. The van der Waals surface area contributed by atoms with Gasteiger partial charge in [0.15, 0.2) is 0 Å². The first-order valence-corrected chi connectivity index (χ1v) is 6.24. The van der Waals surface area contributed by atoms with Crippen LogP contribution in [0.5, 0.6) is 5.75 Å². The highest BCUT2D eigenvalue weighted by atomic mass is 35.5. The molecule has 0 spiro atoms. The molecule has 1 heterocycles. The van der Waals surface area contributed by atoms with Crippen LogP contribution in [0.25, 0.3) is 0 Å². The Kier molecular flexibility index (Phi) is 3.72. The van der Waals surface area contributed by atoms with Gasteiger partial charge in [0.25, 0.3) is 0 Å². The molecule has 1 saturated heterocycles. The molecule has 0 radical (unpaired) electrons. The van der Waals surface area contributed by atoms with E-state index in [4.69, 9.17) is 16.3 Å². The van der Waals surface area contributed by atoms with Gasteiger partial charge in [-0.25, -0.2) is 0 Å². The molecule has 1 aromatic rings. The van der Waals surface area contributed by atoms with Crippen molar-refractivity contribution in [3.8, 4) is 5.75 Å². The molecule has 1 aliphatic heterocycles. The third-order valence-corrected chi connectivity index (χ3v) is 3.08. The Morgan fingerprint density at radius 3 is 2.81 bits per heavy atom. The van der Waals surface area contributed by atoms with E-state index in [2.05, 4.69) is 11.4 Å². The van der Waals surface area contributed by atoms with Crippen LogP contribution < -0.4 is 10.1 Å². The Labute approximate surface area is 102 Å². The average molecular weight is 240 g/mol. The molecular weight excluding hydrogens is 222 g/mol. The maximum Gasteiger partial charge on any atom is 0.138 e. The second-order valence-corrected chi connectivity index (χ2v) is 4.91. The molecule has 2 rings (SSSR count). The topological polar surface area (TPSA) is 21.3 Å². The van der Waals surface area contributed by atoms with Crippen molar-refractivity contribution in [1.29, 1.82) is 0 Å². The zero-order valence-electron chi connectivity index (χ0n) is 9.79. The lowest BCUT2D eigenvalue weighted by molar-refractivity contribution is 0.242. The molecule has 2 nitrogen and oxygen atoms in total. The van der Waals surface area contributed by atoms with Crippen LogP contribution in [0.2, 0.25) is 5.02 Å². The molecule has 1 aromatic carbocycles. The highest BCUT2D eigenvalue weighted by Crippen LogP contribution is 2.31. The van der Waals surface area contributed by atoms with Crippen molar-refractivity contribution in [3.63, 3.8) is 0 Å². The third-order valence-electron chi connectivity index (χ3n) is 2.78. The number of hydrogen-bond acceptors (Lipinski definition) is 2. The number of halogens is 1. The highest BCUT2D eigenvalue weighted by Gasteiger charge is 2.17. The van der Waals surface area contributed by atoms with E-state index in [0.717, 1.165) is 12.3 Å². The fourth-order valence-electron chi connectivity index (χ4n) is 2.05. The van der Waals surface area contributed by atoms with Gasteiger partial charge in [0, 0.05) is 6.04 Å². The molecule has 1 unspecified atom stereocenters. The van der Waals surface area contributed by atoms with E-state index in [1.807, 2.05) is 26.0 Å². The first-order chi connectivity index (χ1) is 7.66. The predicted octanol–water partition coefficient (Wildman–Crippen LogP) is 3.55. The summed E-state index contributed by atoms with van der Waals surface area (Å²) in [6, 6.07) is 6.55. The molecule has 1 fully saturated rings. The van der Waals surface area contributed by atoms with Crippen molar-refractivity contribution in [1.82, 2.24) is 5.32 Å². The maximum atomic E-state index is 6.20. The molecular formula is C13H18ClNO. The van der Waals surface area contributed by atoms with Gasteiger partial charge in [0.1, 0.15) is 5.75 Å². The molecule has 1 N–H and O–H groups in total. The van der Waals surface area contributed by atoms with Crippen molar-refractivity contribution in [2.75, 3.05) is 6.54 Å². The third kappa shape index (κ3) is 2.69. The predicted molar refractivity (Wildman–Crippen MR) is 67.2 cm³/mol. The number of hydrogen-bond donors (Lipinski definition) is 1. The Morgan fingerprint density at radius 1 is 1.44 bits per heavy atom. The molecule has 88 valence electrons. The highest BCUT2D eigenvalue weighted by molar-refractivity contribution is 6.32. The van der Waals surface area contributed by atoms with Gasteiger partial charge in [-0.2, -0.15) is 0 Å². The van der Waals surface area contributed by atoms with Crippen molar-refractivity contribution < 1.29 is 4.74 Å². The fraction of sp³-hybridized carbons (Fsp3) is 0.538. The van der Waals surface area contributed by atoms with Crippen molar-refractivity contribution in [2.24, 2.45) is 0 Å². The van der Waals surface area contributed by atoms with Gasteiger partial charge in [-0.3, -0.25) is 0 Å². The molecule has 0 aliphatic carbocycles. The SMILES string of the molecule is CC(C)Oc1ccc(C2CCCN2)cc1Cl. The number of rotatable bonds is 3. The Morgan fingerprint density at radius 2 is 2.25 bits per heavy atom. The lowest BCUT2D eigenvalue weighted by atomic mass is 10.1. The first-order valence-electron chi connectivity index (χ1n) is 5.86. The molecule has 0 amide bonds. The van der Waals surface area contributed by atoms with E-state index in [0.29, 0.717) is 11.1 Å².